The minimum atomic E-state index is 0.617. The van der Waals surface area contributed by atoms with E-state index in [1.54, 1.807) is 6.20 Å². The van der Waals surface area contributed by atoms with Crippen LogP contribution in [0.15, 0.2) is 47.0 Å². The smallest absolute Gasteiger partial charge is 0.123 e. The molecule has 0 spiro atoms. The number of nitrogens with one attached hydrogen (secondary N) is 1. The van der Waals surface area contributed by atoms with Crippen LogP contribution in [0.2, 0.25) is 5.02 Å². The van der Waals surface area contributed by atoms with Gasteiger partial charge in [0.25, 0.3) is 0 Å². The number of hydrogen-bond acceptors (Lipinski definition) is 3. The van der Waals surface area contributed by atoms with Gasteiger partial charge in [0.1, 0.15) is 11.5 Å². The summed E-state index contributed by atoms with van der Waals surface area (Å²) in [4.78, 5) is 4.40. The number of nitrogens with zero attached hydrogens (tertiary/aromatic N) is 1. The van der Waals surface area contributed by atoms with Gasteiger partial charge in [0.15, 0.2) is 0 Å². The van der Waals surface area contributed by atoms with Gasteiger partial charge in [-0.1, -0.05) is 24.6 Å². The van der Waals surface area contributed by atoms with Crippen LogP contribution in [0.25, 0.3) is 10.9 Å². The largest absolute Gasteiger partial charge is 0.464 e. The Morgan fingerprint density at radius 3 is 2.85 bits per heavy atom. The molecule has 3 nitrogen and oxygen atoms in total. The number of halogens is 1. The van der Waals surface area contributed by atoms with Crippen molar-refractivity contribution in [2.45, 2.75) is 19.9 Å². The lowest BCUT2D eigenvalue weighted by Crippen LogP contribution is -1.99. The number of aryl methyl sites for hydroxylation is 1. The predicted molar refractivity (Wildman–Crippen MR) is 82.2 cm³/mol. The molecule has 0 unspecified atom stereocenters. The molecule has 2 heterocycles. The second-order valence-electron chi connectivity index (χ2n) is 4.60. The Morgan fingerprint density at radius 2 is 2.05 bits per heavy atom. The van der Waals surface area contributed by atoms with E-state index in [0.29, 0.717) is 11.6 Å². The Kier molecular flexibility index (Phi) is 3.61. The molecule has 0 saturated heterocycles. The van der Waals surface area contributed by atoms with Crippen molar-refractivity contribution in [3.8, 4) is 0 Å². The second kappa shape index (κ2) is 5.55. The van der Waals surface area contributed by atoms with Crippen molar-refractivity contribution in [3.63, 3.8) is 0 Å². The van der Waals surface area contributed by atoms with Crippen molar-refractivity contribution in [3.05, 3.63) is 59.1 Å². The Morgan fingerprint density at radius 1 is 1.20 bits per heavy atom. The summed E-state index contributed by atoms with van der Waals surface area (Å²) >= 11 is 6.14. The molecule has 0 bridgehead atoms. The summed E-state index contributed by atoms with van der Waals surface area (Å²) in [5.74, 6) is 1.90. The molecule has 20 heavy (non-hydrogen) atoms. The van der Waals surface area contributed by atoms with Gasteiger partial charge in [0, 0.05) is 23.0 Å². The topological polar surface area (TPSA) is 38.1 Å². The molecule has 0 aliphatic heterocycles. The van der Waals surface area contributed by atoms with E-state index >= 15 is 0 Å². The summed E-state index contributed by atoms with van der Waals surface area (Å²) in [6.07, 6.45) is 2.69. The molecule has 0 amide bonds. The van der Waals surface area contributed by atoms with E-state index in [1.165, 1.54) is 0 Å². The molecule has 0 aliphatic carbocycles. The maximum atomic E-state index is 6.14. The Labute approximate surface area is 122 Å². The summed E-state index contributed by atoms with van der Waals surface area (Å²) in [6, 6.07) is 11.7. The lowest BCUT2D eigenvalue weighted by atomic mass is 10.2. The van der Waals surface area contributed by atoms with Gasteiger partial charge in [-0.15, -0.1) is 0 Å². The molecule has 0 radical (unpaired) electrons. The average Bonchev–Trinajstić information content (AvgIpc) is 2.92. The van der Waals surface area contributed by atoms with Crippen LogP contribution in [0, 0.1) is 0 Å². The SMILES string of the molecule is CCc1ccc(CNc2cc(Cl)cc3cccnc23)o1. The Balaban J connectivity index is 1.86. The molecule has 4 heteroatoms. The van der Waals surface area contributed by atoms with Crippen LogP contribution in [0.1, 0.15) is 18.4 Å². The standard InChI is InChI=1S/C16H15ClN2O/c1-2-13-5-6-14(20-13)10-19-15-9-12(17)8-11-4-3-7-18-16(11)15/h3-9,19H,2,10H2,1H3. The van der Waals surface area contributed by atoms with Crippen LogP contribution in [0.5, 0.6) is 0 Å². The van der Waals surface area contributed by atoms with Gasteiger partial charge >= 0.3 is 0 Å². The Bertz CT molecular complexity index is 736. The van der Waals surface area contributed by atoms with Crippen LogP contribution in [0.3, 0.4) is 0 Å². The Hall–Kier alpha value is -2.00. The van der Waals surface area contributed by atoms with Crippen LogP contribution in [-0.4, -0.2) is 4.98 Å². The molecule has 3 aromatic rings. The molecule has 2 aromatic heterocycles. The van der Waals surface area contributed by atoms with E-state index in [9.17, 15) is 0 Å². The summed E-state index contributed by atoms with van der Waals surface area (Å²) < 4.78 is 5.68. The maximum absolute atomic E-state index is 6.14. The third kappa shape index (κ3) is 2.63. The van der Waals surface area contributed by atoms with E-state index in [0.717, 1.165) is 34.5 Å². The average molecular weight is 287 g/mol. The molecule has 0 aliphatic rings. The van der Waals surface area contributed by atoms with E-state index in [4.69, 9.17) is 16.0 Å². The number of benzene rings is 1. The van der Waals surface area contributed by atoms with Crippen molar-refractivity contribution in [1.82, 2.24) is 4.98 Å². The highest BCUT2D eigenvalue weighted by Gasteiger charge is 2.06. The zero-order valence-corrected chi connectivity index (χ0v) is 11.9. The monoisotopic (exact) mass is 286 g/mol. The molecule has 102 valence electrons. The number of pyridine rings is 1. The van der Waals surface area contributed by atoms with Crippen molar-refractivity contribution in [2.24, 2.45) is 0 Å². The molecule has 0 atom stereocenters. The van der Waals surface area contributed by atoms with E-state index in [2.05, 4.69) is 17.2 Å². The number of hydrogen-bond donors (Lipinski definition) is 1. The summed E-state index contributed by atoms with van der Waals surface area (Å²) in [7, 11) is 0. The second-order valence-corrected chi connectivity index (χ2v) is 5.04. The van der Waals surface area contributed by atoms with Gasteiger partial charge in [0.2, 0.25) is 0 Å². The van der Waals surface area contributed by atoms with Crippen molar-refractivity contribution >= 4 is 28.2 Å². The fourth-order valence-electron chi connectivity index (χ4n) is 2.18. The molecule has 3 rings (SSSR count). The minimum Gasteiger partial charge on any atom is -0.464 e. The number of anilines is 1. The van der Waals surface area contributed by atoms with Gasteiger partial charge in [0.05, 0.1) is 17.7 Å². The molecule has 1 aromatic carbocycles. The van der Waals surface area contributed by atoms with Gasteiger partial charge in [-0.2, -0.15) is 0 Å². The van der Waals surface area contributed by atoms with Gasteiger partial charge in [-0.3, -0.25) is 4.98 Å². The van der Waals surface area contributed by atoms with E-state index < -0.39 is 0 Å². The van der Waals surface area contributed by atoms with Crippen LogP contribution in [-0.2, 0) is 13.0 Å². The van der Waals surface area contributed by atoms with Crippen LogP contribution >= 0.6 is 11.6 Å². The molecular weight excluding hydrogens is 272 g/mol. The lowest BCUT2D eigenvalue weighted by molar-refractivity contribution is 0.476. The van der Waals surface area contributed by atoms with Crippen LogP contribution < -0.4 is 5.32 Å². The summed E-state index contributed by atoms with van der Waals surface area (Å²) in [5, 5.41) is 5.06. The van der Waals surface area contributed by atoms with Gasteiger partial charge in [-0.05, 0) is 30.3 Å². The predicted octanol–water partition coefficient (Wildman–Crippen LogP) is 4.66. The fourth-order valence-corrected chi connectivity index (χ4v) is 2.41. The lowest BCUT2D eigenvalue weighted by Gasteiger charge is -2.08. The van der Waals surface area contributed by atoms with Crippen LogP contribution in [0.4, 0.5) is 5.69 Å². The number of fused-ring (bicyclic) bond motifs is 1. The molecule has 0 fully saturated rings. The highest BCUT2D eigenvalue weighted by molar-refractivity contribution is 6.31. The number of rotatable bonds is 4. The highest BCUT2D eigenvalue weighted by atomic mass is 35.5. The normalized spacial score (nSPS) is 10.9. The quantitative estimate of drug-likeness (QED) is 0.758. The van der Waals surface area contributed by atoms with Crippen molar-refractivity contribution in [1.29, 1.82) is 0 Å². The van der Waals surface area contributed by atoms with E-state index in [-0.39, 0.29) is 0 Å². The van der Waals surface area contributed by atoms with Gasteiger partial charge < -0.3 is 9.73 Å². The highest BCUT2D eigenvalue weighted by Crippen LogP contribution is 2.26. The first kappa shape index (κ1) is 13.0. The van der Waals surface area contributed by atoms with Gasteiger partial charge in [-0.25, -0.2) is 0 Å². The summed E-state index contributed by atoms with van der Waals surface area (Å²) in [6.45, 7) is 2.69. The fraction of sp³-hybridized carbons (Fsp3) is 0.188. The third-order valence-electron chi connectivity index (χ3n) is 3.19. The minimum absolute atomic E-state index is 0.617. The maximum Gasteiger partial charge on any atom is 0.123 e. The molecule has 1 N–H and O–H groups in total. The van der Waals surface area contributed by atoms with Crippen molar-refractivity contribution < 1.29 is 4.42 Å². The zero-order valence-electron chi connectivity index (χ0n) is 11.2. The first-order valence-corrected chi connectivity index (χ1v) is 7.00. The first-order chi connectivity index (χ1) is 9.76. The zero-order chi connectivity index (χ0) is 13.9. The summed E-state index contributed by atoms with van der Waals surface area (Å²) in [5.41, 5.74) is 1.83. The molecule has 0 saturated carbocycles. The first-order valence-electron chi connectivity index (χ1n) is 6.62. The van der Waals surface area contributed by atoms with Crippen molar-refractivity contribution in [2.75, 3.05) is 5.32 Å². The number of furan rings is 1. The van der Waals surface area contributed by atoms with E-state index in [1.807, 2.05) is 36.4 Å². The molecular formula is C16H15ClN2O. The third-order valence-corrected chi connectivity index (χ3v) is 3.41. The number of aromatic nitrogens is 1.